The highest BCUT2D eigenvalue weighted by molar-refractivity contribution is 6.43. The maximum atomic E-state index is 9.56. The predicted molar refractivity (Wildman–Crippen MR) is 128 cm³/mol. The van der Waals surface area contributed by atoms with Crippen LogP contribution >= 0.6 is 0 Å². The second kappa shape index (κ2) is 11.0. The van der Waals surface area contributed by atoms with Crippen LogP contribution in [0, 0.1) is 35.5 Å². The Labute approximate surface area is 190 Å². The van der Waals surface area contributed by atoms with Crippen LogP contribution in [-0.2, 0) is 0 Å². The zero-order chi connectivity index (χ0) is 21.8. The maximum absolute atomic E-state index is 9.56. The lowest BCUT2D eigenvalue weighted by Crippen LogP contribution is -2.53. The first-order valence-corrected chi connectivity index (χ1v) is 13.3. The van der Waals surface area contributed by atoms with E-state index in [9.17, 15) is 10.0 Å². The van der Waals surface area contributed by atoms with Gasteiger partial charge in [0.2, 0.25) is 0 Å². The molecular weight excluding hydrogens is 385 g/mol. The van der Waals surface area contributed by atoms with Crippen LogP contribution in [0.4, 0.5) is 0 Å². The van der Waals surface area contributed by atoms with Gasteiger partial charge in [0.05, 0.1) is 0 Å². The summed E-state index contributed by atoms with van der Waals surface area (Å²) in [5, 5.41) is 22.5. The summed E-state index contributed by atoms with van der Waals surface area (Å²) in [7, 11) is -1.22. The number of hydrogen-bond donors (Lipinski definition) is 4. The van der Waals surface area contributed by atoms with E-state index in [4.69, 9.17) is 5.73 Å². The quantitative estimate of drug-likeness (QED) is 0.486. The van der Waals surface area contributed by atoms with Gasteiger partial charge < -0.3 is 26.0 Å². The number of nitrogens with one attached hydrogen (secondary N) is 1. The Balaban J connectivity index is 1.31. The van der Waals surface area contributed by atoms with Crippen LogP contribution in [0.2, 0.25) is 0 Å². The van der Waals surface area contributed by atoms with Gasteiger partial charge in [-0.15, -0.1) is 0 Å². The molecular formula is C25H46BN3O2. The smallest absolute Gasteiger partial charge is 0.426 e. The fourth-order valence-corrected chi connectivity index (χ4v) is 7.46. The molecule has 4 rings (SSSR count). The van der Waals surface area contributed by atoms with Gasteiger partial charge >= 0.3 is 7.12 Å². The van der Waals surface area contributed by atoms with Crippen molar-refractivity contribution in [3.63, 3.8) is 0 Å². The molecule has 6 heteroatoms. The van der Waals surface area contributed by atoms with E-state index in [0.717, 1.165) is 43.7 Å². The highest BCUT2D eigenvalue weighted by Crippen LogP contribution is 2.44. The molecule has 0 amide bonds. The van der Waals surface area contributed by atoms with E-state index in [-0.39, 0.29) is 5.94 Å². The normalized spacial score (nSPS) is 38.1. The van der Waals surface area contributed by atoms with E-state index in [2.05, 4.69) is 23.2 Å². The molecule has 2 aliphatic heterocycles. The van der Waals surface area contributed by atoms with Crippen LogP contribution in [0.1, 0.15) is 77.6 Å². The molecule has 31 heavy (non-hydrogen) atoms. The van der Waals surface area contributed by atoms with Crippen molar-refractivity contribution in [3.8, 4) is 0 Å². The van der Waals surface area contributed by atoms with E-state index in [1.54, 1.807) is 5.70 Å². The van der Waals surface area contributed by atoms with Crippen LogP contribution in [0.3, 0.4) is 0 Å². The van der Waals surface area contributed by atoms with Crippen molar-refractivity contribution in [1.29, 1.82) is 0 Å². The van der Waals surface area contributed by atoms with E-state index < -0.39 is 7.12 Å². The Morgan fingerprint density at radius 3 is 2.45 bits per heavy atom. The van der Waals surface area contributed by atoms with Crippen LogP contribution < -0.4 is 11.1 Å². The molecule has 4 aliphatic rings. The summed E-state index contributed by atoms with van der Waals surface area (Å²) in [6.45, 7) is 6.58. The van der Waals surface area contributed by atoms with Crippen LogP contribution in [0.15, 0.2) is 11.8 Å². The van der Waals surface area contributed by atoms with Gasteiger partial charge in [-0.1, -0.05) is 25.8 Å². The number of piperidine rings is 2. The lowest BCUT2D eigenvalue weighted by atomic mass is 9.63. The average Bonchev–Trinajstić information content (AvgIpc) is 2.82. The minimum absolute atomic E-state index is 0.138. The number of nitrogens with two attached hydrogens (primary N) is 1. The second-order valence-electron chi connectivity index (χ2n) is 11.1. The standard InChI is InChI=1S/C25H46BN3O2/c1-2-4-24(22-8-7-21-15-25(26(30)31)28-17-23(21)14-22)29-11-9-19(10-12-29)20-6-3-5-18(13-20)16-27/h4,18-23,25,28,30-31H,2-3,5-17,27H2,1H3/b24-4-. The summed E-state index contributed by atoms with van der Waals surface area (Å²) >= 11 is 0. The van der Waals surface area contributed by atoms with Crippen molar-refractivity contribution in [3.05, 3.63) is 11.8 Å². The van der Waals surface area contributed by atoms with Crippen LogP contribution in [0.25, 0.3) is 0 Å². The molecule has 6 unspecified atom stereocenters. The Bertz CT molecular complexity index is 593. The van der Waals surface area contributed by atoms with Crippen molar-refractivity contribution in [2.24, 2.45) is 41.2 Å². The van der Waals surface area contributed by atoms with Gasteiger partial charge in [-0.3, -0.25) is 0 Å². The molecule has 6 atom stereocenters. The van der Waals surface area contributed by atoms with Gasteiger partial charge in [0.25, 0.3) is 0 Å². The molecule has 0 radical (unpaired) electrons. The van der Waals surface area contributed by atoms with Gasteiger partial charge in [-0.2, -0.15) is 0 Å². The number of fused-ring (bicyclic) bond motifs is 1. The van der Waals surface area contributed by atoms with Crippen molar-refractivity contribution in [2.45, 2.75) is 83.5 Å². The molecule has 0 bridgehead atoms. The molecule has 4 fully saturated rings. The summed E-state index contributed by atoms with van der Waals surface area (Å²) in [5.74, 6) is 4.49. The third-order valence-corrected chi connectivity index (χ3v) is 9.26. The highest BCUT2D eigenvalue weighted by atomic mass is 16.4. The average molecular weight is 431 g/mol. The monoisotopic (exact) mass is 431 g/mol. The van der Waals surface area contributed by atoms with Gasteiger partial charge in [-0.25, -0.2) is 0 Å². The Hall–Kier alpha value is -0.555. The van der Waals surface area contributed by atoms with Gasteiger partial charge in [0.1, 0.15) is 0 Å². The molecule has 0 spiro atoms. The number of rotatable bonds is 6. The van der Waals surface area contributed by atoms with Gasteiger partial charge in [-0.05, 0) is 106 Å². The van der Waals surface area contributed by atoms with Gasteiger partial charge in [0.15, 0.2) is 0 Å². The van der Waals surface area contributed by atoms with Gasteiger partial charge in [0, 0.05) is 24.7 Å². The molecule has 2 aliphatic carbocycles. The number of likely N-dealkylation sites (tertiary alicyclic amines) is 1. The van der Waals surface area contributed by atoms with Crippen LogP contribution in [0.5, 0.6) is 0 Å². The zero-order valence-electron chi connectivity index (χ0n) is 19.7. The first-order chi connectivity index (χ1) is 15.1. The van der Waals surface area contributed by atoms with Crippen LogP contribution in [-0.4, -0.2) is 54.2 Å². The molecule has 0 aromatic rings. The molecule has 5 N–H and O–H groups in total. The SMILES string of the molecule is CC/C=C(/C1CCC2CC(B(O)O)NCC2C1)N1CCC(C2CCCC(CN)C2)CC1. The lowest BCUT2D eigenvalue weighted by molar-refractivity contribution is 0.0986. The van der Waals surface area contributed by atoms with E-state index in [1.165, 1.54) is 70.9 Å². The maximum Gasteiger partial charge on any atom is 0.469 e. The van der Waals surface area contributed by atoms with E-state index in [1.807, 2.05) is 0 Å². The molecule has 2 saturated heterocycles. The summed E-state index contributed by atoms with van der Waals surface area (Å²) in [6, 6.07) is 0. The molecule has 176 valence electrons. The molecule has 0 aromatic heterocycles. The third-order valence-electron chi connectivity index (χ3n) is 9.26. The summed E-state index contributed by atoms with van der Waals surface area (Å²) in [4.78, 5) is 2.74. The molecule has 0 aromatic carbocycles. The largest absolute Gasteiger partial charge is 0.469 e. The van der Waals surface area contributed by atoms with Crippen molar-refractivity contribution in [2.75, 3.05) is 26.2 Å². The van der Waals surface area contributed by atoms with E-state index >= 15 is 0 Å². The zero-order valence-corrected chi connectivity index (χ0v) is 19.7. The van der Waals surface area contributed by atoms with Crippen molar-refractivity contribution >= 4 is 7.12 Å². The topological polar surface area (TPSA) is 81.8 Å². The molecule has 5 nitrogen and oxygen atoms in total. The number of nitrogens with zero attached hydrogens (tertiary/aromatic N) is 1. The second-order valence-corrected chi connectivity index (χ2v) is 11.1. The third kappa shape index (κ3) is 5.69. The fourth-order valence-electron chi connectivity index (χ4n) is 7.46. The minimum Gasteiger partial charge on any atom is -0.426 e. The predicted octanol–water partition coefficient (Wildman–Crippen LogP) is 3.16. The first-order valence-electron chi connectivity index (χ1n) is 13.3. The van der Waals surface area contributed by atoms with Crippen molar-refractivity contribution in [1.82, 2.24) is 10.2 Å². The van der Waals surface area contributed by atoms with Crippen molar-refractivity contribution < 1.29 is 10.0 Å². The minimum atomic E-state index is -1.22. The number of hydrogen-bond acceptors (Lipinski definition) is 5. The highest BCUT2D eigenvalue weighted by Gasteiger charge is 2.40. The lowest BCUT2D eigenvalue weighted by Gasteiger charge is -2.46. The Morgan fingerprint density at radius 1 is 0.968 bits per heavy atom. The summed E-state index contributed by atoms with van der Waals surface area (Å²) in [5.41, 5.74) is 7.63. The Morgan fingerprint density at radius 2 is 1.74 bits per heavy atom. The number of allylic oxidation sites excluding steroid dienone is 2. The summed E-state index contributed by atoms with van der Waals surface area (Å²) < 4.78 is 0. The fraction of sp³-hybridized carbons (Fsp3) is 0.920. The Kier molecular flexibility index (Phi) is 8.41. The first kappa shape index (κ1) is 23.6. The molecule has 2 saturated carbocycles. The summed E-state index contributed by atoms with van der Waals surface area (Å²) in [6.07, 6.45) is 16.6. The van der Waals surface area contributed by atoms with E-state index in [0.29, 0.717) is 17.8 Å². The molecule has 2 heterocycles.